The van der Waals surface area contributed by atoms with E-state index in [0.717, 1.165) is 0 Å². The van der Waals surface area contributed by atoms with E-state index < -0.39 is 54.5 Å². The number of carbonyl (C=O) groups excluding carboxylic acids is 3. The minimum absolute atomic E-state index is 0.00358. The number of phenolic OH excluding ortho intramolecular Hbond substituents is 1. The molecule has 0 saturated carbocycles. The summed E-state index contributed by atoms with van der Waals surface area (Å²) in [5.41, 5.74) is 6.06. The smallest absolute Gasteiger partial charge is 0.326 e. The van der Waals surface area contributed by atoms with Gasteiger partial charge in [0.15, 0.2) is 0 Å². The molecule has 1 saturated heterocycles. The minimum atomic E-state index is -1.24. The van der Waals surface area contributed by atoms with Gasteiger partial charge in [-0.25, -0.2) is 4.79 Å². The summed E-state index contributed by atoms with van der Waals surface area (Å²) in [6.45, 7) is -0.329. The van der Waals surface area contributed by atoms with Crippen LogP contribution >= 0.6 is 12.6 Å². The van der Waals surface area contributed by atoms with Gasteiger partial charge in [0.05, 0.1) is 6.61 Å². The van der Waals surface area contributed by atoms with Crippen molar-refractivity contribution in [3.63, 3.8) is 0 Å². The highest BCUT2D eigenvalue weighted by Gasteiger charge is 2.38. The third-order valence-corrected chi connectivity index (χ3v) is 5.53. The fraction of sp³-hybridized carbons (Fsp3) is 0.500. The maximum absolute atomic E-state index is 12.9. The van der Waals surface area contributed by atoms with Crippen molar-refractivity contribution in [3.05, 3.63) is 29.8 Å². The zero-order chi connectivity index (χ0) is 23.8. The highest BCUT2D eigenvalue weighted by molar-refractivity contribution is 7.80. The van der Waals surface area contributed by atoms with Crippen LogP contribution in [-0.4, -0.2) is 87.0 Å². The molecule has 3 amide bonds. The van der Waals surface area contributed by atoms with E-state index in [9.17, 15) is 29.4 Å². The molecule has 1 aromatic carbocycles. The van der Waals surface area contributed by atoms with Crippen LogP contribution in [0.15, 0.2) is 24.3 Å². The molecule has 4 unspecified atom stereocenters. The van der Waals surface area contributed by atoms with Crippen molar-refractivity contribution in [2.75, 3.05) is 18.9 Å². The van der Waals surface area contributed by atoms with Gasteiger partial charge in [0.25, 0.3) is 0 Å². The number of aromatic hydroxyl groups is 1. The minimum Gasteiger partial charge on any atom is -0.508 e. The number of aliphatic hydroxyl groups is 1. The molecule has 0 aromatic heterocycles. The first-order chi connectivity index (χ1) is 15.2. The number of thiol groups is 1. The molecule has 0 radical (unpaired) electrons. The van der Waals surface area contributed by atoms with Gasteiger partial charge >= 0.3 is 5.97 Å². The average Bonchev–Trinajstić information content (AvgIpc) is 3.27. The molecule has 7 N–H and O–H groups in total. The highest BCUT2D eigenvalue weighted by atomic mass is 32.1. The lowest BCUT2D eigenvalue weighted by Crippen LogP contribution is -2.57. The molecular weight excluding hydrogens is 440 g/mol. The first-order valence-corrected chi connectivity index (χ1v) is 10.7. The molecule has 0 spiro atoms. The number of benzene rings is 1. The van der Waals surface area contributed by atoms with Crippen molar-refractivity contribution in [2.24, 2.45) is 5.73 Å². The number of nitrogens with zero attached hydrogens (tertiary/aromatic N) is 1. The van der Waals surface area contributed by atoms with Gasteiger partial charge in [0, 0.05) is 18.7 Å². The van der Waals surface area contributed by atoms with Gasteiger partial charge in [-0.15, -0.1) is 0 Å². The Labute approximate surface area is 190 Å². The monoisotopic (exact) mass is 468 g/mol. The second-order valence-corrected chi connectivity index (χ2v) is 7.86. The van der Waals surface area contributed by atoms with Crippen LogP contribution in [0.1, 0.15) is 18.4 Å². The number of rotatable bonds is 10. The molecule has 32 heavy (non-hydrogen) atoms. The molecule has 4 atom stereocenters. The van der Waals surface area contributed by atoms with Crippen LogP contribution < -0.4 is 16.4 Å². The number of phenols is 1. The molecule has 12 heteroatoms. The molecule has 176 valence electrons. The van der Waals surface area contributed by atoms with Crippen LogP contribution in [0.2, 0.25) is 0 Å². The van der Waals surface area contributed by atoms with E-state index in [1.807, 2.05) is 0 Å². The Balaban J connectivity index is 2.07. The van der Waals surface area contributed by atoms with E-state index in [-0.39, 0.29) is 24.5 Å². The van der Waals surface area contributed by atoms with Crippen molar-refractivity contribution >= 4 is 36.3 Å². The van der Waals surface area contributed by atoms with Crippen LogP contribution in [0, 0.1) is 0 Å². The summed E-state index contributed by atoms with van der Waals surface area (Å²) in [6, 6.07) is 1.58. The molecule has 11 nitrogen and oxygen atoms in total. The zero-order valence-electron chi connectivity index (χ0n) is 17.3. The van der Waals surface area contributed by atoms with Crippen molar-refractivity contribution in [3.8, 4) is 5.75 Å². The van der Waals surface area contributed by atoms with Gasteiger partial charge in [0.1, 0.15) is 29.9 Å². The molecule has 1 aliphatic rings. The summed E-state index contributed by atoms with van der Waals surface area (Å²) < 4.78 is 0. The molecule has 1 fully saturated rings. The van der Waals surface area contributed by atoms with E-state index in [1.165, 1.54) is 17.0 Å². The van der Waals surface area contributed by atoms with Crippen LogP contribution in [-0.2, 0) is 25.6 Å². The molecule has 1 aliphatic heterocycles. The summed E-state index contributed by atoms with van der Waals surface area (Å²) >= 11 is 4.08. The number of aliphatic hydroxyl groups excluding tert-OH is 1. The lowest BCUT2D eigenvalue weighted by atomic mass is 10.0. The SMILES string of the molecule is NC(CO)C(=O)NC(CS)C(=O)N1CCCC1C(=O)NC(Cc1ccc(O)cc1)C(=O)O. The number of nitrogens with two attached hydrogens (primary N) is 1. The number of likely N-dealkylation sites (tertiary alicyclic amines) is 1. The summed E-state index contributed by atoms with van der Waals surface area (Å²) in [7, 11) is 0. The quantitative estimate of drug-likeness (QED) is 0.197. The van der Waals surface area contributed by atoms with Crippen molar-refractivity contribution in [1.29, 1.82) is 0 Å². The lowest BCUT2D eigenvalue weighted by Gasteiger charge is -2.29. The number of nitrogens with one attached hydrogen (secondary N) is 2. The summed E-state index contributed by atoms with van der Waals surface area (Å²) in [5.74, 6) is -3.12. The van der Waals surface area contributed by atoms with Gasteiger partial charge in [-0.1, -0.05) is 12.1 Å². The first kappa shape index (κ1) is 25.4. The average molecular weight is 469 g/mol. The number of carboxylic acid groups (broad SMARTS) is 1. The van der Waals surface area contributed by atoms with E-state index >= 15 is 0 Å². The molecule has 1 aromatic rings. The fourth-order valence-electron chi connectivity index (χ4n) is 3.39. The zero-order valence-corrected chi connectivity index (χ0v) is 18.2. The Kier molecular flexibility index (Phi) is 9.29. The number of hydrogen-bond acceptors (Lipinski definition) is 8. The number of aliphatic carboxylic acids is 1. The largest absolute Gasteiger partial charge is 0.508 e. The normalized spacial score (nSPS) is 18.5. The molecule has 1 heterocycles. The highest BCUT2D eigenvalue weighted by Crippen LogP contribution is 2.20. The molecular formula is C20H28N4O7S. The van der Waals surface area contributed by atoms with Crippen molar-refractivity contribution < 1.29 is 34.5 Å². The fourth-order valence-corrected chi connectivity index (χ4v) is 3.63. The maximum Gasteiger partial charge on any atom is 0.326 e. The molecule has 2 rings (SSSR count). The second kappa shape index (κ2) is 11.7. The van der Waals surface area contributed by atoms with Crippen LogP contribution in [0.4, 0.5) is 0 Å². The Morgan fingerprint density at radius 1 is 1.16 bits per heavy atom. The Morgan fingerprint density at radius 3 is 2.38 bits per heavy atom. The molecule has 0 bridgehead atoms. The first-order valence-electron chi connectivity index (χ1n) is 10.1. The molecule has 0 aliphatic carbocycles. The van der Waals surface area contributed by atoms with E-state index in [4.69, 9.17) is 10.8 Å². The topological polar surface area (TPSA) is 182 Å². The van der Waals surface area contributed by atoms with E-state index in [2.05, 4.69) is 23.3 Å². The number of amides is 3. The van der Waals surface area contributed by atoms with Gasteiger partial charge in [-0.2, -0.15) is 12.6 Å². The Morgan fingerprint density at radius 2 is 1.81 bits per heavy atom. The van der Waals surface area contributed by atoms with Crippen molar-refractivity contribution in [2.45, 2.75) is 43.4 Å². The number of carboxylic acids is 1. The van der Waals surface area contributed by atoms with Gasteiger partial charge in [0.2, 0.25) is 17.7 Å². The summed E-state index contributed by atoms with van der Waals surface area (Å²) in [5, 5.41) is 32.8. The van der Waals surface area contributed by atoms with Crippen LogP contribution in [0.5, 0.6) is 5.75 Å². The van der Waals surface area contributed by atoms with Gasteiger partial charge in [-0.3, -0.25) is 14.4 Å². The third kappa shape index (κ3) is 6.58. The van der Waals surface area contributed by atoms with Crippen molar-refractivity contribution in [1.82, 2.24) is 15.5 Å². The van der Waals surface area contributed by atoms with Crippen LogP contribution in [0.25, 0.3) is 0 Å². The summed E-state index contributed by atoms with van der Waals surface area (Å²) in [4.78, 5) is 50.7. The van der Waals surface area contributed by atoms with Gasteiger partial charge in [-0.05, 0) is 30.5 Å². The maximum atomic E-state index is 12.9. The standard InChI is InChI=1S/C20H28N4O7S/c21-13(9-25)17(27)23-15(10-32)19(29)24-7-1-2-16(24)18(28)22-14(20(30)31)8-11-3-5-12(26)6-4-11/h3-6,13-16,25-26,32H,1-2,7-10,21H2,(H,22,28)(H,23,27)(H,30,31). The third-order valence-electron chi connectivity index (χ3n) is 5.16. The predicted octanol–water partition coefficient (Wildman–Crippen LogP) is -1.77. The number of hydrogen-bond donors (Lipinski definition) is 7. The summed E-state index contributed by atoms with van der Waals surface area (Å²) in [6.07, 6.45) is 0.867. The van der Waals surface area contributed by atoms with Crippen LogP contribution in [0.3, 0.4) is 0 Å². The van der Waals surface area contributed by atoms with E-state index in [0.29, 0.717) is 18.4 Å². The second-order valence-electron chi connectivity index (χ2n) is 7.49. The lowest BCUT2D eigenvalue weighted by molar-refractivity contribution is -0.144. The van der Waals surface area contributed by atoms with Gasteiger partial charge < -0.3 is 36.6 Å². The number of carbonyl (C=O) groups is 4. The Bertz CT molecular complexity index is 836. The Hall–Kier alpha value is -2.83. The van der Waals surface area contributed by atoms with E-state index in [1.54, 1.807) is 12.1 Å². The predicted molar refractivity (Wildman–Crippen MR) is 117 cm³/mol.